The van der Waals surface area contributed by atoms with Crippen molar-refractivity contribution < 1.29 is 52.9 Å². The molecule has 0 unspecified atom stereocenters. The van der Waals surface area contributed by atoms with Crippen LogP contribution >= 0.6 is 7.82 Å². The molecule has 1 aliphatic carbocycles. The van der Waals surface area contributed by atoms with Crippen LogP contribution in [0.25, 0.3) is 0 Å². The highest BCUT2D eigenvalue weighted by atomic mass is 31.2. The van der Waals surface area contributed by atoms with Crippen LogP contribution in [0, 0.1) is 11.8 Å². The van der Waals surface area contributed by atoms with Crippen molar-refractivity contribution in [3.8, 4) is 0 Å². The highest BCUT2D eigenvalue weighted by Gasteiger charge is 2.39. The van der Waals surface area contributed by atoms with E-state index in [2.05, 4.69) is 30.5 Å². The number of phosphoric acid groups is 1. The quantitative estimate of drug-likeness (QED) is 0.0208. The van der Waals surface area contributed by atoms with Gasteiger partial charge in [0, 0.05) is 31.1 Å². The second-order valence-electron chi connectivity index (χ2n) is 15.1. The lowest BCUT2D eigenvalue weighted by Gasteiger charge is -2.18. The second kappa shape index (κ2) is 32.9. The number of carbonyl (C=O) groups excluding carboxylic acids is 3. The SMILES string of the molecule is CCCCCCCC/C=C\CCCCCCCCCC(=O)O[C@H](COC(=O)CCC/C=C\C[C@H]1[C@@H](O)CC(=O)[C@@H]1/C=C/[C@@H](O)CCCCC)COP(=O)(O)O. The van der Waals surface area contributed by atoms with Gasteiger partial charge in [0.25, 0.3) is 0 Å². The normalized spacial score (nSPS) is 18.9. The molecular weight excluding hydrogens is 723 g/mol. The zero-order valence-corrected chi connectivity index (χ0v) is 34.9. The van der Waals surface area contributed by atoms with Gasteiger partial charge in [0.05, 0.1) is 18.8 Å². The molecule has 0 radical (unpaired) electrons. The molecule has 0 amide bonds. The average Bonchev–Trinajstić information content (AvgIpc) is 3.41. The van der Waals surface area contributed by atoms with E-state index in [-0.39, 0.29) is 37.6 Å². The Morgan fingerprint density at radius 2 is 1.29 bits per heavy atom. The molecule has 11 nitrogen and oxygen atoms in total. The van der Waals surface area contributed by atoms with Gasteiger partial charge in [0.2, 0.25) is 0 Å². The molecule has 4 N–H and O–H groups in total. The Labute approximate surface area is 332 Å². The molecule has 0 bridgehead atoms. The molecule has 0 aliphatic heterocycles. The maximum atomic E-state index is 12.5. The third kappa shape index (κ3) is 28.8. The van der Waals surface area contributed by atoms with Gasteiger partial charge in [-0.05, 0) is 57.8 Å². The van der Waals surface area contributed by atoms with E-state index in [0.717, 1.165) is 51.4 Å². The largest absolute Gasteiger partial charge is 0.469 e. The zero-order chi connectivity index (χ0) is 40.6. The molecular formula is C43H75O11P. The van der Waals surface area contributed by atoms with Crippen LogP contribution in [-0.4, -0.2) is 69.2 Å². The van der Waals surface area contributed by atoms with E-state index in [4.69, 9.17) is 19.3 Å². The third-order valence-electron chi connectivity index (χ3n) is 10.0. The summed E-state index contributed by atoms with van der Waals surface area (Å²) in [4.78, 5) is 55.5. The number of phosphoric ester groups is 1. The van der Waals surface area contributed by atoms with Crippen molar-refractivity contribution in [3.05, 3.63) is 36.5 Å². The van der Waals surface area contributed by atoms with Crippen molar-refractivity contribution in [1.29, 1.82) is 0 Å². The molecule has 0 aromatic heterocycles. The number of Topliss-reactive ketones (excluding diaryl/α,β-unsaturated/α-hetero) is 1. The Kier molecular flexibility index (Phi) is 30.4. The van der Waals surface area contributed by atoms with Crippen LogP contribution in [0.3, 0.4) is 0 Å². The van der Waals surface area contributed by atoms with E-state index in [9.17, 15) is 29.2 Å². The Morgan fingerprint density at radius 3 is 1.93 bits per heavy atom. The van der Waals surface area contributed by atoms with Crippen LogP contribution in [0.15, 0.2) is 36.5 Å². The molecule has 0 spiro atoms. The van der Waals surface area contributed by atoms with Crippen molar-refractivity contribution in [2.75, 3.05) is 13.2 Å². The van der Waals surface area contributed by atoms with Crippen LogP contribution in [0.4, 0.5) is 0 Å². The Morgan fingerprint density at radius 1 is 0.745 bits per heavy atom. The monoisotopic (exact) mass is 799 g/mol. The van der Waals surface area contributed by atoms with Crippen molar-refractivity contribution in [3.63, 3.8) is 0 Å². The number of rotatable bonds is 35. The van der Waals surface area contributed by atoms with E-state index >= 15 is 0 Å². The summed E-state index contributed by atoms with van der Waals surface area (Å²) in [7, 11) is -4.82. The molecule has 55 heavy (non-hydrogen) atoms. The van der Waals surface area contributed by atoms with Gasteiger partial charge in [-0.15, -0.1) is 0 Å². The number of hydrogen-bond donors (Lipinski definition) is 4. The minimum atomic E-state index is -4.82. The summed E-state index contributed by atoms with van der Waals surface area (Å²) in [6.45, 7) is 3.35. The first-order valence-corrected chi connectivity index (χ1v) is 22.9. The van der Waals surface area contributed by atoms with E-state index in [1.807, 2.05) is 12.2 Å². The van der Waals surface area contributed by atoms with E-state index in [1.165, 1.54) is 57.8 Å². The highest BCUT2D eigenvalue weighted by molar-refractivity contribution is 7.46. The van der Waals surface area contributed by atoms with Crippen LogP contribution in [0.5, 0.6) is 0 Å². The fourth-order valence-corrected chi connectivity index (χ4v) is 7.06. The zero-order valence-electron chi connectivity index (χ0n) is 34.0. The lowest BCUT2D eigenvalue weighted by molar-refractivity contribution is -0.161. The van der Waals surface area contributed by atoms with Gasteiger partial charge in [-0.3, -0.25) is 18.9 Å². The number of unbranched alkanes of at least 4 members (excludes halogenated alkanes) is 16. The molecule has 0 saturated heterocycles. The molecule has 5 atom stereocenters. The third-order valence-corrected chi connectivity index (χ3v) is 10.5. The van der Waals surface area contributed by atoms with Gasteiger partial charge < -0.3 is 29.5 Å². The maximum Gasteiger partial charge on any atom is 0.469 e. The number of aliphatic hydroxyl groups excluding tert-OH is 2. The topological polar surface area (TPSA) is 177 Å². The van der Waals surface area contributed by atoms with Gasteiger partial charge in [-0.1, -0.05) is 134 Å². The molecule has 0 heterocycles. The minimum absolute atomic E-state index is 0.0328. The van der Waals surface area contributed by atoms with Crippen molar-refractivity contribution in [2.24, 2.45) is 11.8 Å². The fraction of sp³-hybridized carbons (Fsp3) is 0.791. The number of ether oxygens (including phenoxy) is 2. The van der Waals surface area contributed by atoms with Crippen LogP contribution in [0.1, 0.15) is 174 Å². The molecule has 1 aliphatic rings. The Hall–Kier alpha value is -2.14. The van der Waals surface area contributed by atoms with E-state index in [1.54, 1.807) is 12.2 Å². The van der Waals surface area contributed by atoms with Gasteiger partial charge in [-0.2, -0.15) is 0 Å². The summed E-state index contributed by atoms with van der Waals surface area (Å²) < 4.78 is 26.4. The van der Waals surface area contributed by atoms with Crippen molar-refractivity contribution in [1.82, 2.24) is 0 Å². The van der Waals surface area contributed by atoms with Crippen molar-refractivity contribution >= 4 is 25.5 Å². The standard InChI is InChI=1S/C43H75O11P/c1-3-5-7-8-9-10-11-12-13-14-15-16-17-18-19-20-26-30-43(48)54-37(35-53-55(49,50)51)34-52-42(47)29-25-22-21-24-28-38-39(41(46)33-40(38)45)32-31-36(44)27-23-6-4-2/h12-13,21,24,31-32,36-40,44-45H,3-11,14-20,22-23,25-30,33-35H2,1-2H3,(H2,49,50,51)/b13-12-,24-21-,32-31+/t36-,37+,38+,39+,40-/m0/s1. The number of aliphatic hydroxyl groups is 2. The van der Waals surface area contributed by atoms with Crippen LogP contribution < -0.4 is 0 Å². The average molecular weight is 799 g/mol. The second-order valence-corrected chi connectivity index (χ2v) is 16.3. The first kappa shape index (κ1) is 50.9. The summed E-state index contributed by atoms with van der Waals surface area (Å²) in [5.74, 6) is -1.83. The smallest absolute Gasteiger partial charge is 0.462 e. The first-order valence-electron chi connectivity index (χ1n) is 21.4. The molecule has 318 valence electrons. The molecule has 0 aromatic carbocycles. The summed E-state index contributed by atoms with van der Waals surface area (Å²) in [5, 5.41) is 20.6. The fourth-order valence-electron chi connectivity index (χ4n) is 6.70. The predicted octanol–water partition coefficient (Wildman–Crippen LogP) is 9.55. The molecule has 12 heteroatoms. The summed E-state index contributed by atoms with van der Waals surface area (Å²) in [6, 6.07) is 0. The van der Waals surface area contributed by atoms with Crippen LogP contribution in [-0.2, 0) is 32.9 Å². The maximum absolute atomic E-state index is 12.5. The summed E-state index contributed by atoms with van der Waals surface area (Å²) in [6.07, 6.45) is 32.3. The number of allylic oxidation sites excluding steroid dienone is 5. The van der Waals surface area contributed by atoms with Crippen LogP contribution in [0.2, 0.25) is 0 Å². The highest BCUT2D eigenvalue weighted by Crippen LogP contribution is 2.36. The summed E-state index contributed by atoms with van der Waals surface area (Å²) in [5.41, 5.74) is 0. The van der Waals surface area contributed by atoms with E-state index < -0.39 is 50.6 Å². The Bertz CT molecular complexity index is 1150. The number of ketones is 1. The summed E-state index contributed by atoms with van der Waals surface area (Å²) >= 11 is 0. The first-order chi connectivity index (χ1) is 26.5. The van der Waals surface area contributed by atoms with E-state index in [0.29, 0.717) is 32.1 Å². The number of carbonyl (C=O) groups is 3. The number of hydrogen-bond acceptors (Lipinski definition) is 9. The molecule has 1 rings (SSSR count). The van der Waals surface area contributed by atoms with Gasteiger partial charge in [-0.25, -0.2) is 4.57 Å². The lowest BCUT2D eigenvalue weighted by atomic mass is 9.90. The lowest BCUT2D eigenvalue weighted by Crippen LogP contribution is -2.29. The predicted molar refractivity (Wildman–Crippen MR) is 217 cm³/mol. The molecule has 1 saturated carbocycles. The minimum Gasteiger partial charge on any atom is -0.462 e. The Balaban J connectivity index is 2.28. The van der Waals surface area contributed by atoms with Gasteiger partial charge >= 0.3 is 19.8 Å². The van der Waals surface area contributed by atoms with Gasteiger partial charge in [0.15, 0.2) is 6.10 Å². The molecule has 0 aromatic rings. The van der Waals surface area contributed by atoms with Gasteiger partial charge in [0.1, 0.15) is 12.4 Å². The number of esters is 2. The molecule has 1 fully saturated rings. The van der Waals surface area contributed by atoms with Crippen molar-refractivity contribution in [2.45, 2.75) is 193 Å².